The zero-order chi connectivity index (χ0) is 16.7. The number of benzene rings is 1. The molecule has 2 heterocycles. The molecule has 2 N–H and O–H groups in total. The number of fused-ring (bicyclic) bond motifs is 1. The fourth-order valence-electron chi connectivity index (χ4n) is 2.30. The number of pyridine rings is 1. The number of nitrogen functional groups attached to an aromatic ring is 1. The lowest BCUT2D eigenvalue weighted by atomic mass is 10.1. The molecule has 2 aromatic heterocycles. The summed E-state index contributed by atoms with van der Waals surface area (Å²) in [7, 11) is 0. The monoisotopic (exact) mass is 364 g/mol. The Labute approximate surface area is 148 Å². The Morgan fingerprint density at radius 2 is 1.96 bits per heavy atom. The minimum Gasteiger partial charge on any atom is -0.397 e. The predicted octanol–water partition coefficient (Wildman–Crippen LogP) is 5.54. The van der Waals surface area contributed by atoms with E-state index in [1.165, 1.54) is 11.3 Å². The molecule has 0 fully saturated rings. The maximum absolute atomic E-state index is 12.8. The number of rotatable bonds is 3. The first-order chi connectivity index (χ1) is 10.9. The first kappa shape index (κ1) is 16.2. The van der Waals surface area contributed by atoms with Gasteiger partial charge in [0.2, 0.25) is 5.78 Å². The smallest absolute Gasteiger partial charge is 0.206 e. The molecule has 6 heteroatoms. The number of ketones is 1. The van der Waals surface area contributed by atoms with Crippen molar-refractivity contribution in [2.75, 3.05) is 5.73 Å². The van der Waals surface area contributed by atoms with E-state index in [-0.39, 0.29) is 5.78 Å². The summed E-state index contributed by atoms with van der Waals surface area (Å²) in [6.45, 7) is 4.15. The number of hydrogen-bond acceptors (Lipinski definition) is 4. The average molecular weight is 365 g/mol. The van der Waals surface area contributed by atoms with Crippen LogP contribution in [0.2, 0.25) is 10.0 Å². The van der Waals surface area contributed by atoms with Crippen LogP contribution in [0.25, 0.3) is 10.2 Å². The molecule has 1 aromatic carbocycles. The molecule has 0 radical (unpaired) electrons. The third kappa shape index (κ3) is 2.94. The van der Waals surface area contributed by atoms with Crippen molar-refractivity contribution < 1.29 is 4.79 Å². The molecule has 0 saturated carbocycles. The number of anilines is 1. The molecule has 118 valence electrons. The highest BCUT2D eigenvalue weighted by Gasteiger charge is 2.21. The summed E-state index contributed by atoms with van der Waals surface area (Å²) >= 11 is 13.3. The van der Waals surface area contributed by atoms with Crippen LogP contribution in [0.3, 0.4) is 0 Å². The van der Waals surface area contributed by atoms with Crippen molar-refractivity contribution in [2.24, 2.45) is 0 Å². The van der Waals surface area contributed by atoms with E-state index in [0.717, 1.165) is 15.9 Å². The van der Waals surface area contributed by atoms with E-state index < -0.39 is 0 Å². The molecule has 0 atom stereocenters. The summed E-state index contributed by atoms with van der Waals surface area (Å²) in [5, 5.41) is 1.60. The van der Waals surface area contributed by atoms with Crippen LogP contribution in [-0.2, 0) is 0 Å². The molecule has 0 amide bonds. The second-order valence-electron chi connectivity index (χ2n) is 5.54. The number of aromatic nitrogens is 1. The molecule has 0 saturated heterocycles. The van der Waals surface area contributed by atoms with Crippen molar-refractivity contribution in [1.82, 2.24) is 4.98 Å². The van der Waals surface area contributed by atoms with Gasteiger partial charge in [0.05, 0.1) is 10.7 Å². The van der Waals surface area contributed by atoms with E-state index in [1.54, 1.807) is 18.2 Å². The Hall–Kier alpha value is -1.62. The van der Waals surface area contributed by atoms with Crippen molar-refractivity contribution in [3.63, 3.8) is 0 Å². The normalized spacial score (nSPS) is 11.3. The fourth-order valence-corrected chi connectivity index (χ4v) is 3.85. The van der Waals surface area contributed by atoms with Gasteiger partial charge in [0.15, 0.2) is 0 Å². The van der Waals surface area contributed by atoms with Crippen LogP contribution in [0.15, 0.2) is 30.3 Å². The van der Waals surface area contributed by atoms with E-state index in [0.29, 0.717) is 32.1 Å². The number of halogens is 2. The van der Waals surface area contributed by atoms with Gasteiger partial charge in [0, 0.05) is 21.7 Å². The molecule has 0 aliphatic rings. The van der Waals surface area contributed by atoms with E-state index in [9.17, 15) is 4.79 Å². The van der Waals surface area contributed by atoms with Crippen molar-refractivity contribution in [2.45, 2.75) is 19.8 Å². The van der Waals surface area contributed by atoms with E-state index in [2.05, 4.69) is 18.8 Å². The molecule has 3 aromatic rings. The maximum atomic E-state index is 12.8. The largest absolute Gasteiger partial charge is 0.397 e. The topological polar surface area (TPSA) is 56.0 Å². The molecule has 0 bridgehead atoms. The number of thiophene rings is 1. The van der Waals surface area contributed by atoms with Crippen LogP contribution in [0.1, 0.15) is 40.7 Å². The second kappa shape index (κ2) is 6.11. The summed E-state index contributed by atoms with van der Waals surface area (Å²) in [5.74, 6) is 0.103. The van der Waals surface area contributed by atoms with E-state index in [4.69, 9.17) is 28.9 Å². The lowest BCUT2D eigenvalue weighted by molar-refractivity contribution is 0.104. The molecule has 23 heavy (non-hydrogen) atoms. The van der Waals surface area contributed by atoms with Crippen LogP contribution < -0.4 is 5.73 Å². The van der Waals surface area contributed by atoms with Gasteiger partial charge < -0.3 is 5.73 Å². The van der Waals surface area contributed by atoms with E-state index in [1.807, 2.05) is 12.1 Å². The van der Waals surface area contributed by atoms with Gasteiger partial charge in [-0.2, -0.15) is 0 Å². The van der Waals surface area contributed by atoms with Gasteiger partial charge >= 0.3 is 0 Å². The number of carbonyl (C=O) groups excluding carboxylic acids is 1. The molecule has 3 rings (SSSR count). The number of nitrogens with two attached hydrogens (primary N) is 1. The van der Waals surface area contributed by atoms with Crippen molar-refractivity contribution in [3.05, 3.63) is 56.5 Å². The second-order valence-corrected chi connectivity index (χ2v) is 7.38. The van der Waals surface area contributed by atoms with Gasteiger partial charge in [0.1, 0.15) is 9.71 Å². The van der Waals surface area contributed by atoms with Crippen LogP contribution >= 0.6 is 34.5 Å². The van der Waals surface area contributed by atoms with Gasteiger partial charge in [-0.1, -0.05) is 37.0 Å². The molecule has 0 aliphatic heterocycles. The molecular weight excluding hydrogens is 351 g/mol. The first-order valence-corrected chi connectivity index (χ1v) is 8.64. The van der Waals surface area contributed by atoms with Crippen LogP contribution in [0.4, 0.5) is 5.69 Å². The van der Waals surface area contributed by atoms with Crippen molar-refractivity contribution >= 4 is 56.2 Å². The number of nitrogens with zero attached hydrogens (tertiary/aromatic N) is 1. The van der Waals surface area contributed by atoms with Crippen LogP contribution in [-0.4, -0.2) is 10.8 Å². The first-order valence-electron chi connectivity index (χ1n) is 7.07. The highest BCUT2D eigenvalue weighted by molar-refractivity contribution is 7.21. The summed E-state index contributed by atoms with van der Waals surface area (Å²) in [5.41, 5.74) is 7.97. The van der Waals surface area contributed by atoms with Gasteiger partial charge in [-0.05, 0) is 36.2 Å². The summed E-state index contributed by atoms with van der Waals surface area (Å²) in [6, 6.07) is 8.67. The Bertz CT molecular complexity index is 918. The SMILES string of the molecule is CC(C)c1ccc2c(N)c(C(=O)c3ccc(Cl)cc3Cl)sc2n1. The lowest BCUT2D eigenvalue weighted by Gasteiger charge is -2.03. The average Bonchev–Trinajstić information content (AvgIpc) is 2.83. The summed E-state index contributed by atoms with van der Waals surface area (Å²) in [4.78, 5) is 18.6. The number of carbonyl (C=O) groups is 1. The minimum absolute atomic E-state index is 0.210. The Kier molecular flexibility index (Phi) is 4.32. The Balaban J connectivity index is 2.12. The van der Waals surface area contributed by atoms with Crippen LogP contribution in [0, 0.1) is 0 Å². The van der Waals surface area contributed by atoms with Crippen molar-refractivity contribution in [1.29, 1.82) is 0 Å². The standard InChI is InChI=1S/C17H14Cl2N2OS/c1-8(2)13-6-5-11-14(20)16(23-17(11)21-13)15(22)10-4-3-9(18)7-12(10)19/h3-8H,20H2,1-2H3. The van der Waals surface area contributed by atoms with Gasteiger partial charge in [-0.15, -0.1) is 11.3 Å². The molecule has 3 nitrogen and oxygen atoms in total. The van der Waals surface area contributed by atoms with Gasteiger partial charge in [-0.25, -0.2) is 4.98 Å². The highest BCUT2D eigenvalue weighted by atomic mass is 35.5. The predicted molar refractivity (Wildman–Crippen MR) is 98.0 cm³/mol. The van der Waals surface area contributed by atoms with Crippen LogP contribution in [0.5, 0.6) is 0 Å². The highest BCUT2D eigenvalue weighted by Crippen LogP contribution is 2.36. The number of hydrogen-bond donors (Lipinski definition) is 1. The Morgan fingerprint density at radius 3 is 2.61 bits per heavy atom. The zero-order valence-electron chi connectivity index (χ0n) is 12.6. The molecule has 0 aliphatic carbocycles. The minimum atomic E-state index is -0.210. The van der Waals surface area contributed by atoms with Gasteiger partial charge in [0.25, 0.3) is 0 Å². The lowest BCUT2D eigenvalue weighted by Crippen LogP contribution is -2.02. The van der Waals surface area contributed by atoms with E-state index >= 15 is 0 Å². The maximum Gasteiger partial charge on any atom is 0.206 e. The van der Waals surface area contributed by atoms with Gasteiger partial charge in [-0.3, -0.25) is 4.79 Å². The summed E-state index contributed by atoms with van der Waals surface area (Å²) in [6.07, 6.45) is 0. The third-order valence-electron chi connectivity index (χ3n) is 3.59. The Morgan fingerprint density at radius 1 is 1.22 bits per heavy atom. The zero-order valence-corrected chi connectivity index (χ0v) is 14.9. The molecule has 0 spiro atoms. The fraction of sp³-hybridized carbons (Fsp3) is 0.176. The quantitative estimate of drug-likeness (QED) is 0.620. The molecular formula is C17H14Cl2N2OS. The van der Waals surface area contributed by atoms with Crippen molar-refractivity contribution in [3.8, 4) is 0 Å². The molecule has 0 unspecified atom stereocenters. The summed E-state index contributed by atoms with van der Waals surface area (Å²) < 4.78 is 0. The third-order valence-corrected chi connectivity index (χ3v) is 5.25.